The summed E-state index contributed by atoms with van der Waals surface area (Å²) in [5.74, 6) is -15.0. The Morgan fingerprint density at radius 2 is 1.41 bits per heavy atom. The van der Waals surface area contributed by atoms with Crippen molar-refractivity contribution in [3.8, 4) is 11.5 Å². The Morgan fingerprint density at radius 1 is 0.938 bits per heavy atom. The van der Waals surface area contributed by atoms with Gasteiger partial charge in [-0.05, 0) is 38.5 Å². The van der Waals surface area contributed by atoms with E-state index in [1.807, 2.05) is 0 Å². The predicted octanol–water partition coefficient (Wildman–Crippen LogP) is 4.47. The molecule has 2 aromatic rings. The molecule has 174 valence electrons. The smallest absolute Gasteiger partial charge is 0.410 e. The van der Waals surface area contributed by atoms with E-state index >= 15 is 0 Å². The van der Waals surface area contributed by atoms with Gasteiger partial charge in [-0.3, -0.25) is 4.90 Å². The van der Waals surface area contributed by atoms with Crippen LogP contribution >= 0.6 is 0 Å². The van der Waals surface area contributed by atoms with Gasteiger partial charge in [-0.15, -0.1) is 0 Å². The van der Waals surface area contributed by atoms with Gasteiger partial charge in [-0.1, -0.05) is 12.1 Å². The lowest BCUT2D eigenvalue weighted by molar-refractivity contribution is -0.140. The van der Waals surface area contributed by atoms with Crippen molar-refractivity contribution in [2.75, 3.05) is 7.05 Å². The van der Waals surface area contributed by atoms with E-state index in [9.17, 15) is 36.6 Å². The third-order valence-electron chi connectivity index (χ3n) is 4.16. The number of benzene rings is 2. The highest BCUT2D eigenvalue weighted by atomic mass is 19.2. The monoisotopic (exact) mass is 461 g/mol. The van der Waals surface area contributed by atoms with Crippen LogP contribution in [0.1, 0.15) is 26.3 Å². The third-order valence-corrected chi connectivity index (χ3v) is 4.16. The zero-order valence-electron chi connectivity index (χ0n) is 17.5. The van der Waals surface area contributed by atoms with Crippen molar-refractivity contribution in [2.24, 2.45) is 0 Å². The Hall–Kier alpha value is -3.37. The number of aromatic hydroxyl groups is 1. The van der Waals surface area contributed by atoms with Crippen molar-refractivity contribution in [2.45, 2.75) is 38.8 Å². The molecule has 0 heterocycles. The molecule has 11 heteroatoms. The van der Waals surface area contributed by atoms with Crippen molar-refractivity contribution in [3.63, 3.8) is 0 Å². The molecule has 2 aromatic carbocycles. The minimum Gasteiger partial charge on any atom is -0.508 e. The second kappa shape index (κ2) is 9.41. The fourth-order valence-electron chi connectivity index (χ4n) is 2.54. The first kappa shape index (κ1) is 24.9. The fraction of sp³-hybridized carbons (Fsp3) is 0.333. The molecule has 1 atom stereocenters. The first-order chi connectivity index (χ1) is 14.7. The highest BCUT2D eigenvalue weighted by molar-refractivity contribution is 5.83. The van der Waals surface area contributed by atoms with E-state index in [4.69, 9.17) is 4.74 Å². The number of phenolic OH excluding ortho intramolecular Hbond substituents is 1. The van der Waals surface area contributed by atoms with E-state index in [0.29, 0.717) is 5.56 Å². The second-order valence-corrected chi connectivity index (χ2v) is 7.80. The van der Waals surface area contributed by atoms with Crippen LogP contribution in [0.15, 0.2) is 24.3 Å². The van der Waals surface area contributed by atoms with Gasteiger partial charge in [0.15, 0.2) is 0 Å². The quantitative estimate of drug-likeness (QED) is 0.234. The summed E-state index contributed by atoms with van der Waals surface area (Å²) in [5.41, 5.74) is -0.572. The van der Waals surface area contributed by atoms with Crippen LogP contribution in [0.3, 0.4) is 0 Å². The van der Waals surface area contributed by atoms with E-state index in [1.165, 1.54) is 24.3 Å². The Bertz CT molecular complexity index is 992. The molecule has 0 aromatic heterocycles. The van der Waals surface area contributed by atoms with Gasteiger partial charge in [0.2, 0.25) is 34.8 Å². The lowest BCUT2D eigenvalue weighted by Crippen LogP contribution is -2.47. The molecule has 0 unspecified atom stereocenters. The summed E-state index contributed by atoms with van der Waals surface area (Å²) >= 11 is 0. The molecule has 0 aliphatic heterocycles. The van der Waals surface area contributed by atoms with Crippen molar-refractivity contribution in [1.29, 1.82) is 0 Å². The van der Waals surface area contributed by atoms with Gasteiger partial charge in [0.05, 0.1) is 0 Å². The Balaban J connectivity index is 2.41. The Labute approximate surface area is 180 Å². The maximum absolute atomic E-state index is 13.9. The van der Waals surface area contributed by atoms with E-state index in [1.54, 1.807) is 20.8 Å². The maximum Gasteiger partial charge on any atom is 0.410 e. The molecule has 1 N–H and O–H groups in total. The van der Waals surface area contributed by atoms with Crippen molar-refractivity contribution in [1.82, 2.24) is 4.90 Å². The van der Waals surface area contributed by atoms with Crippen LogP contribution < -0.4 is 4.74 Å². The van der Waals surface area contributed by atoms with Crippen LogP contribution in [-0.2, 0) is 16.0 Å². The molecule has 6 nitrogen and oxygen atoms in total. The molecule has 0 aliphatic rings. The third kappa shape index (κ3) is 5.65. The lowest BCUT2D eigenvalue weighted by Gasteiger charge is -2.29. The SMILES string of the molecule is CN(C(=O)OC(C)(C)C)[C@@H](Cc1ccc(O)cc1)C(=O)Oc1c(F)c(F)c(F)c(F)c1F. The average molecular weight is 461 g/mol. The largest absolute Gasteiger partial charge is 0.508 e. The van der Waals surface area contributed by atoms with Crippen LogP contribution in [0.4, 0.5) is 26.7 Å². The van der Waals surface area contributed by atoms with Gasteiger partial charge in [0.25, 0.3) is 0 Å². The summed E-state index contributed by atoms with van der Waals surface area (Å²) in [4.78, 5) is 25.9. The number of hydrogen-bond acceptors (Lipinski definition) is 5. The van der Waals surface area contributed by atoms with E-state index < -0.39 is 58.5 Å². The Kier molecular flexibility index (Phi) is 7.32. The summed E-state index contributed by atoms with van der Waals surface area (Å²) in [7, 11) is 1.14. The van der Waals surface area contributed by atoms with Gasteiger partial charge < -0.3 is 14.6 Å². The molecule has 0 radical (unpaired) electrons. The van der Waals surface area contributed by atoms with Crippen molar-refractivity contribution >= 4 is 12.1 Å². The maximum atomic E-state index is 13.9. The van der Waals surface area contributed by atoms with E-state index in [-0.39, 0.29) is 12.2 Å². The molecular formula is C21H20F5NO5. The average Bonchev–Trinajstić information content (AvgIpc) is 2.71. The number of carbonyl (C=O) groups is 2. The summed E-state index contributed by atoms with van der Waals surface area (Å²) in [6, 6.07) is 3.79. The van der Waals surface area contributed by atoms with Gasteiger partial charge >= 0.3 is 12.1 Å². The number of rotatable bonds is 5. The summed E-state index contributed by atoms with van der Waals surface area (Å²) in [6.45, 7) is 4.67. The van der Waals surface area contributed by atoms with Crippen LogP contribution in [0.2, 0.25) is 0 Å². The van der Waals surface area contributed by atoms with Gasteiger partial charge in [0.1, 0.15) is 17.4 Å². The molecule has 0 aliphatic carbocycles. The van der Waals surface area contributed by atoms with Crippen LogP contribution in [-0.4, -0.2) is 40.8 Å². The molecule has 0 saturated heterocycles. The van der Waals surface area contributed by atoms with Crippen LogP contribution in [0.5, 0.6) is 11.5 Å². The van der Waals surface area contributed by atoms with Crippen LogP contribution in [0.25, 0.3) is 0 Å². The first-order valence-electron chi connectivity index (χ1n) is 9.19. The van der Waals surface area contributed by atoms with Gasteiger partial charge in [0, 0.05) is 13.5 Å². The summed E-state index contributed by atoms with van der Waals surface area (Å²) in [5, 5.41) is 9.39. The zero-order valence-corrected chi connectivity index (χ0v) is 17.5. The normalized spacial score (nSPS) is 12.3. The number of hydrogen-bond donors (Lipinski definition) is 1. The number of ether oxygens (including phenoxy) is 2. The molecule has 1 amide bonds. The molecule has 2 rings (SSSR count). The highest BCUT2D eigenvalue weighted by Gasteiger charge is 2.35. The second-order valence-electron chi connectivity index (χ2n) is 7.80. The minimum absolute atomic E-state index is 0.0882. The van der Waals surface area contributed by atoms with Crippen LogP contribution in [0, 0.1) is 29.1 Å². The number of phenols is 1. The number of amides is 1. The molecule has 0 bridgehead atoms. The number of esters is 1. The van der Waals surface area contributed by atoms with Crippen molar-refractivity contribution in [3.05, 3.63) is 58.9 Å². The zero-order chi connectivity index (χ0) is 24.4. The number of halogens is 5. The summed E-state index contributed by atoms with van der Waals surface area (Å²) in [6.07, 6.45) is -1.29. The first-order valence-corrected chi connectivity index (χ1v) is 9.19. The molecule has 32 heavy (non-hydrogen) atoms. The standard InChI is InChI=1S/C21H20F5NO5/c1-21(2,3)32-20(30)27(4)12(9-10-5-7-11(28)8-6-10)19(29)31-18-16(25)14(23)13(22)15(24)17(18)26/h5-8,12,28H,9H2,1-4H3/t12-/m0/s1. The fourth-order valence-corrected chi connectivity index (χ4v) is 2.54. The van der Waals surface area contributed by atoms with E-state index in [0.717, 1.165) is 11.9 Å². The molecule has 0 spiro atoms. The molecule has 0 fully saturated rings. The number of likely N-dealkylation sites (N-methyl/N-ethyl adjacent to an activating group) is 1. The summed E-state index contributed by atoms with van der Waals surface area (Å²) < 4.78 is 77.7. The topological polar surface area (TPSA) is 76.1 Å². The van der Waals surface area contributed by atoms with Gasteiger partial charge in [-0.25, -0.2) is 22.8 Å². The Morgan fingerprint density at radius 3 is 1.88 bits per heavy atom. The van der Waals surface area contributed by atoms with Gasteiger partial charge in [-0.2, -0.15) is 8.78 Å². The minimum atomic E-state index is -2.41. The number of nitrogens with zero attached hydrogens (tertiary/aromatic N) is 1. The molecular weight excluding hydrogens is 441 g/mol. The van der Waals surface area contributed by atoms with Crippen molar-refractivity contribution < 1.29 is 46.1 Å². The number of carbonyl (C=O) groups excluding carboxylic acids is 2. The lowest BCUT2D eigenvalue weighted by atomic mass is 10.0. The highest BCUT2D eigenvalue weighted by Crippen LogP contribution is 2.30. The molecule has 0 saturated carbocycles. The predicted molar refractivity (Wildman–Crippen MR) is 101 cm³/mol. The van der Waals surface area contributed by atoms with E-state index in [2.05, 4.69) is 4.74 Å².